The zero-order valence-electron chi connectivity index (χ0n) is 14.2. The van der Waals surface area contributed by atoms with Gasteiger partial charge in [0.1, 0.15) is 5.75 Å². The van der Waals surface area contributed by atoms with Crippen LogP contribution in [0.4, 0.5) is 11.4 Å². The summed E-state index contributed by atoms with van der Waals surface area (Å²) in [6.45, 7) is 2.76. The normalized spacial score (nSPS) is 10.0. The molecule has 2 N–H and O–H groups in total. The number of thiocarbonyl (C=S) groups is 1. The van der Waals surface area contributed by atoms with E-state index in [0.717, 1.165) is 18.6 Å². The van der Waals surface area contributed by atoms with Crippen molar-refractivity contribution in [3.05, 3.63) is 64.2 Å². The number of nitrogens with one attached hydrogen (secondary N) is 2. The first-order valence-corrected chi connectivity index (χ1v) is 8.50. The first kappa shape index (κ1) is 19.3. The molecule has 26 heavy (non-hydrogen) atoms. The van der Waals surface area contributed by atoms with Gasteiger partial charge in [-0.1, -0.05) is 19.4 Å². The van der Waals surface area contributed by atoms with Crippen LogP contribution in [0.3, 0.4) is 0 Å². The van der Waals surface area contributed by atoms with Gasteiger partial charge in [0.05, 0.1) is 11.5 Å². The molecular formula is C18H19N3O4S. The second-order valence-corrected chi connectivity index (χ2v) is 5.85. The molecule has 8 heteroatoms. The number of amides is 1. The molecule has 0 saturated carbocycles. The summed E-state index contributed by atoms with van der Waals surface area (Å²) in [5, 5.41) is 16.3. The number of carbonyl (C=O) groups is 1. The van der Waals surface area contributed by atoms with Gasteiger partial charge < -0.3 is 10.1 Å². The smallest absolute Gasteiger partial charge is 0.270 e. The van der Waals surface area contributed by atoms with E-state index in [-0.39, 0.29) is 16.4 Å². The average Bonchev–Trinajstić information content (AvgIpc) is 2.63. The van der Waals surface area contributed by atoms with E-state index in [0.29, 0.717) is 12.3 Å². The van der Waals surface area contributed by atoms with E-state index >= 15 is 0 Å². The van der Waals surface area contributed by atoms with Crippen LogP contribution in [0.2, 0.25) is 0 Å². The minimum absolute atomic E-state index is 0.0983. The van der Waals surface area contributed by atoms with Crippen molar-refractivity contribution in [2.24, 2.45) is 0 Å². The number of nitro groups is 1. The van der Waals surface area contributed by atoms with E-state index < -0.39 is 10.8 Å². The average molecular weight is 373 g/mol. The molecule has 0 bridgehead atoms. The van der Waals surface area contributed by atoms with Crippen molar-refractivity contribution in [3.63, 3.8) is 0 Å². The Hall–Kier alpha value is -3.00. The third kappa shape index (κ3) is 5.82. The number of anilines is 1. The summed E-state index contributed by atoms with van der Waals surface area (Å²) in [7, 11) is 0. The van der Waals surface area contributed by atoms with Crippen LogP contribution in [0.5, 0.6) is 5.75 Å². The highest BCUT2D eigenvalue weighted by atomic mass is 32.1. The number of hydrogen-bond donors (Lipinski definition) is 2. The number of carbonyl (C=O) groups excluding carboxylic acids is 1. The molecular weight excluding hydrogens is 354 g/mol. The molecule has 0 spiro atoms. The van der Waals surface area contributed by atoms with Crippen molar-refractivity contribution in [1.29, 1.82) is 0 Å². The number of nitrogens with zero attached hydrogens (tertiary/aromatic N) is 1. The van der Waals surface area contributed by atoms with Crippen LogP contribution in [0.15, 0.2) is 48.5 Å². The molecule has 2 aromatic rings. The first-order chi connectivity index (χ1) is 12.5. The molecule has 136 valence electrons. The number of rotatable bonds is 7. The minimum atomic E-state index is -0.558. The van der Waals surface area contributed by atoms with E-state index in [1.54, 1.807) is 12.1 Å². The van der Waals surface area contributed by atoms with Crippen molar-refractivity contribution in [3.8, 4) is 5.75 Å². The lowest BCUT2D eigenvalue weighted by Crippen LogP contribution is -2.34. The summed E-state index contributed by atoms with van der Waals surface area (Å²) >= 11 is 5.11. The number of hydrogen-bond acceptors (Lipinski definition) is 5. The maximum absolute atomic E-state index is 12.1. The van der Waals surface area contributed by atoms with E-state index in [1.807, 2.05) is 12.1 Å². The highest BCUT2D eigenvalue weighted by Gasteiger charge is 2.12. The molecule has 1 amide bonds. The lowest BCUT2D eigenvalue weighted by Gasteiger charge is -2.11. The molecule has 0 atom stereocenters. The Bertz CT molecular complexity index is 793. The molecule has 0 aliphatic carbocycles. The lowest BCUT2D eigenvalue weighted by molar-refractivity contribution is -0.384. The van der Waals surface area contributed by atoms with Crippen molar-refractivity contribution >= 4 is 34.6 Å². The van der Waals surface area contributed by atoms with E-state index in [1.165, 1.54) is 24.3 Å². The van der Waals surface area contributed by atoms with E-state index in [2.05, 4.69) is 17.6 Å². The van der Waals surface area contributed by atoms with Gasteiger partial charge in [-0.25, -0.2) is 0 Å². The van der Waals surface area contributed by atoms with Crippen LogP contribution >= 0.6 is 12.2 Å². The molecule has 0 radical (unpaired) electrons. The SMILES string of the molecule is CCCCOc1ccc(NC(=S)NC(=O)c2cccc([N+](=O)[O-])c2)cc1. The number of non-ortho nitro benzene ring substituents is 1. The van der Waals surface area contributed by atoms with Crippen LogP contribution in [-0.4, -0.2) is 22.5 Å². The Morgan fingerprint density at radius 1 is 1.23 bits per heavy atom. The summed E-state index contributed by atoms with van der Waals surface area (Å²) in [6, 6.07) is 12.6. The Balaban J connectivity index is 1.90. The molecule has 7 nitrogen and oxygen atoms in total. The molecule has 2 aromatic carbocycles. The predicted octanol–water partition coefficient (Wildman–Crippen LogP) is 3.90. The van der Waals surface area contributed by atoms with Gasteiger partial charge in [-0.15, -0.1) is 0 Å². The third-order valence-corrected chi connectivity index (χ3v) is 3.63. The topological polar surface area (TPSA) is 93.5 Å². The molecule has 0 fully saturated rings. The predicted molar refractivity (Wildman–Crippen MR) is 104 cm³/mol. The Labute approximate surface area is 156 Å². The second kappa shape index (κ2) is 9.47. The molecule has 0 aromatic heterocycles. The van der Waals surface area contributed by atoms with Gasteiger partial charge in [0, 0.05) is 23.4 Å². The molecule has 0 heterocycles. The van der Waals surface area contributed by atoms with Crippen LogP contribution in [0.25, 0.3) is 0 Å². The first-order valence-electron chi connectivity index (χ1n) is 8.09. The molecule has 0 aliphatic heterocycles. The molecule has 0 saturated heterocycles. The summed E-state index contributed by atoms with van der Waals surface area (Å²) in [6.07, 6.45) is 2.06. The van der Waals surface area contributed by atoms with Crippen LogP contribution in [0, 0.1) is 10.1 Å². The fourth-order valence-electron chi connectivity index (χ4n) is 2.07. The summed E-state index contributed by atoms with van der Waals surface area (Å²) in [5.74, 6) is 0.237. The van der Waals surface area contributed by atoms with Gasteiger partial charge in [-0.2, -0.15) is 0 Å². The van der Waals surface area contributed by atoms with Crippen molar-refractivity contribution in [1.82, 2.24) is 5.32 Å². The fraction of sp³-hybridized carbons (Fsp3) is 0.222. The number of benzene rings is 2. The highest BCUT2D eigenvalue weighted by molar-refractivity contribution is 7.80. The monoisotopic (exact) mass is 373 g/mol. The van der Waals surface area contributed by atoms with Crippen LogP contribution in [-0.2, 0) is 0 Å². The maximum Gasteiger partial charge on any atom is 0.270 e. The summed E-state index contributed by atoms with van der Waals surface area (Å²) in [5.41, 5.74) is 0.690. The number of nitro benzene ring substituents is 1. The van der Waals surface area contributed by atoms with Crippen molar-refractivity contribution < 1.29 is 14.5 Å². The van der Waals surface area contributed by atoms with Crippen LogP contribution < -0.4 is 15.4 Å². The number of unbranched alkanes of at least 4 members (excludes halogenated alkanes) is 1. The standard InChI is InChI=1S/C18H19N3O4S/c1-2-3-11-25-16-9-7-14(8-10-16)19-18(26)20-17(22)13-5-4-6-15(12-13)21(23)24/h4-10,12H,2-3,11H2,1H3,(H2,19,20,22,26). The van der Waals surface area contributed by atoms with Gasteiger partial charge in [0.15, 0.2) is 5.11 Å². The van der Waals surface area contributed by atoms with E-state index in [9.17, 15) is 14.9 Å². The van der Waals surface area contributed by atoms with E-state index in [4.69, 9.17) is 17.0 Å². The zero-order chi connectivity index (χ0) is 18.9. The zero-order valence-corrected chi connectivity index (χ0v) is 15.0. The van der Waals surface area contributed by atoms with Crippen molar-refractivity contribution in [2.75, 3.05) is 11.9 Å². The summed E-state index contributed by atoms with van der Waals surface area (Å²) < 4.78 is 5.57. The third-order valence-electron chi connectivity index (χ3n) is 3.43. The van der Waals surface area contributed by atoms with Gasteiger partial charge in [0.2, 0.25) is 0 Å². The molecule has 0 aliphatic rings. The minimum Gasteiger partial charge on any atom is -0.494 e. The van der Waals surface area contributed by atoms with Crippen LogP contribution in [0.1, 0.15) is 30.1 Å². The Morgan fingerprint density at radius 3 is 2.62 bits per heavy atom. The largest absolute Gasteiger partial charge is 0.494 e. The lowest BCUT2D eigenvalue weighted by atomic mass is 10.2. The Morgan fingerprint density at radius 2 is 1.96 bits per heavy atom. The van der Waals surface area contributed by atoms with Gasteiger partial charge in [-0.3, -0.25) is 20.2 Å². The highest BCUT2D eigenvalue weighted by Crippen LogP contribution is 2.16. The second-order valence-electron chi connectivity index (χ2n) is 5.44. The fourth-order valence-corrected chi connectivity index (χ4v) is 2.28. The molecule has 0 unspecified atom stereocenters. The quantitative estimate of drug-likeness (QED) is 0.331. The number of ether oxygens (including phenoxy) is 1. The van der Waals surface area contributed by atoms with Gasteiger partial charge in [-0.05, 0) is 49.0 Å². The van der Waals surface area contributed by atoms with Gasteiger partial charge >= 0.3 is 0 Å². The Kier molecular flexibility index (Phi) is 7.04. The molecule has 2 rings (SSSR count). The van der Waals surface area contributed by atoms with Gasteiger partial charge in [0.25, 0.3) is 11.6 Å². The maximum atomic E-state index is 12.1. The summed E-state index contributed by atoms with van der Waals surface area (Å²) in [4.78, 5) is 22.4. The van der Waals surface area contributed by atoms with Crippen molar-refractivity contribution in [2.45, 2.75) is 19.8 Å².